The third-order valence-electron chi connectivity index (χ3n) is 9.04. The molecule has 0 spiro atoms. The average molecular weight is 641 g/mol. The monoisotopic (exact) mass is 640 g/mol. The predicted molar refractivity (Wildman–Crippen MR) is 213 cm³/mol. The first-order valence-corrected chi connectivity index (χ1v) is 17.0. The van der Waals surface area contributed by atoms with Crippen molar-refractivity contribution in [2.75, 3.05) is 10.6 Å². The molecule has 2 nitrogen and oxygen atoms in total. The van der Waals surface area contributed by atoms with E-state index >= 15 is 0 Å². The molecule has 0 atom stereocenters. The summed E-state index contributed by atoms with van der Waals surface area (Å²) in [5.74, 6) is 0. The van der Waals surface area contributed by atoms with Crippen molar-refractivity contribution < 1.29 is 0 Å². The maximum Gasteiger partial charge on any atom is 0.0464 e. The Hall–Kier alpha value is -6.64. The fraction of sp³-hybridized carbons (Fsp3) is 0. The van der Waals surface area contributed by atoms with Crippen LogP contribution in [0.3, 0.4) is 0 Å². The Bertz CT molecular complexity index is 2360. The summed E-state index contributed by atoms with van der Waals surface area (Å²) in [6.07, 6.45) is 0. The molecule has 0 aliphatic carbocycles. The molecule has 50 heavy (non-hydrogen) atoms. The highest BCUT2D eigenvalue weighted by atomic mass is 14.9. The molecule has 0 amide bonds. The fourth-order valence-electron chi connectivity index (χ4n) is 6.52. The van der Waals surface area contributed by atoms with E-state index in [1.807, 2.05) is 0 Å². The van der Waals surface area contributed by atoms with Gasteiger partial charge in [0.2, 0.25) is 0 Å². The van der Waals surface area contributed by atoms with E-state index in [9.17, 15) is 0 Å². The molecule has 0 aliphatic rings. The van der Waals surface area contributed by atoms with Crippen molar-refractivity contribution in [3.8, 4) is 55.6 Å². The highest BCUT2D eigenvalue weighted by Crippen LogP contribution is 2.38. The number of hydrogen-bond acceptors (Lipinski definition) is 2. The number of para-hydroxylation sites is 1. The minimum absolute atomic E-state index is 1.05. The average Bonchev–Trinajstić information content (AvgIpc) is 3.19. The number of nitrogens with one attached hydrogen (secondary N) is 2. The van der Waals surface area contributed by atoms with E-state index in [0.29, 0.717) is 0 Å². The first kappa shape index (κ1) is 30.7. The molecule has 8 aromatic rings. The first-order chi connectivity index (χ1) is 24.8. The number of benzene rings is 8. The van der Waals surface area contributed by atoms with Gasteiger partial charge in [-0.3, -0.25) is 0 Å². The highest BCUT2D eigenvalue weighted by Gasteiger charge is 2.12. The zero-order chi connectivity index (χ0) is 33.5. The van der Waals surface area contributed by atoms with Gasteiger partial charge in [-0.15, -0.1) is 0 Å². The Morgan fingerprint density at radius 3 is 1.24 bits per heavy atom. The third-order valence-corrected chi connectivity index (χ3v) is 9.04. The predicted octanol–water partition coefficient (Wildman–Crippen LogP) is 13.5. The Morgan fingerprint density at radius 1 is 0.220 bits per heavy atom. The van der Waals surface area contributed by atoms with Crippen LogP contribution in [-0.2, 0) is 0 Å². The zero-order valence-corrected chi connectivity index (χ0v) is 27.6. The molecular formula is C48H36N2. The third kappa shape index (κ3) is 6.82. The topological polar surface area (TPSA) is 24.1 Å². The summed E-state index contributed by atoms with van der Waals surface area (Å²) in [4.78, 5) is 0. The van der Waals surface area contributed by atoms with Crippen molar-refractivity contribution in [2.24, 2.45) is 0 Å². The van der Waals surface area contributed by atoms with Crippen molar-refractivity contribution in [3.05, 3.63) is 206 Å². The molecule has 0 unspecified atom stereocenters. The number of anilines is 4. The van der Waals surface area contributed by atoms with E-state index < -0.39 is 0 Å². The lowest BCUT2D eigenvalue weighted by Gasteiger charge is -2.17. The van der Waals surface area contributed by atoms with Gasteiger partial charge in [0.15, 0.2) is 0 Å². The van der Waals surface area contributed by atoms with Gasteiger partial charge in [-0.25, -0.2) is 0 Å². The van der Waals surface area contributed by atoms with Crippen LogP contribution in [0.5, 0.6) is 0 Å². The molecule has 0 saturated heterocycles. The maximum atomic E-state index is 3.73. The van der Waals surface area contributed by atoms with Crippen molar-refractivity contribution in [2.45, 2.75) is 0 Å². The molecule has 8 rings (SSSR count). The summed E-state index contributed by atoms with van der Waals surface area (Å²) in [6.45, 7) is 0. The van der Waals surface area contributed by atoms with Crippen LogP contribution < -0.4 is 10.6 Å². The minimum atomic E-state index is 1.05. The van der Waals surface area contributed by atoms with E-state index in [2.05, 4.69) is 217 Å². The Balaban J connectivity index is 1.12. The van der Waals surface area contributed by atoms with Gasteiger partial charge in [-0.05, 0) is 93.0 Å². The van der Waals surface area contributed by atoms with Crippen LogP contribution in [0, 0.1) is 0 Å². The van der Waals surface area contributed by atoms with Gasteiger partial charge in [-0.1, -0.05) is 158 Å². The van der Waals surface area contributed by atoms with Gasteiger partial charge in [0, 0.05) is 33.9 Å². The number of rotatable bonds is 9. The molecule has 0 saturated carbocycles. The fourth-order valence-corrected chi connectivity index (χ4v) is 6.52. The minimum Gasteiger partial charge on any atom is -0.355 e. The second kappa shape index (κ2) is 14.2. The van der Waals surface area contributed by atoms with Crippen LogP contribution in [0.2, 0.25) is 0 Å². The van der Waals surface area contributed by atoms with Gasteiger partial charge in [0.25, 0.3) is 0 Å². The molecule has 0 fully saturated rings. The molecule has 0 bridgehead atoms. The van der Waals surface area contributed by atoms with E-state index in [-0.39, 0.29) is 0 Å². The SMILES string of the molecule is c1ccc(-c2cccc(Nc3ccccc3-c3cccc(-c4ccc(Nc5cccc(-c6ccccc6)c5)c(-c5ccccc5)c4)c3)c2)cc1. The van der Waals surface area contributed by atoms with Crippen LogP contribution in [-0.4, -0.2) is 0 Å². The lowest BCUT2D eigenvalue weighted by Crippen LogP contribution is -1.95. The zero-order valence-electron chi connectivity index (χ0n) is 27.6. The standard InChI is InChI=1S/C48H36N2/c1-4-15-35(16-5-1)39-22-13-25-43(32-39)49-47-28-11-10-27-45(47)42-24-12-21-38(31-42)41-29-30-48(46(34-41)37-19-8-3-9-20-37)50-44-26-14-23-40(33-44)36-17-6-2-7-18-36/h1-34,49-50H. The lowest BCUT2D eigenvalue weighted by molar-refractivity contribution is 1.51. The molecule has 2 heteroatoms. The quantitative estimate of drug-likeness (QED) is 0.164. The summed E-state index contributed by atoms with van der Waals surface area (Å²) >= 11 is 0. The van der Waals surface area contributed by atoms with E-state index in [0.717, 1.165) is 50.6 Å². The van der Waals surface area contributed by atoms with Gasteiger partial charge in [-0.2, -0.15) is 0 Å². The van der Waals surface area contributed by atoms with E-state index in [4.69, 9.17) is 0 Å². The van der Waals surface area contributed by atoms with Crippen molar-refractivity contribution in [1.29, 1.82) is 0 Å². The van der Waals surface area contributed by atoms with Crippen LogP contribution in [0.15, 0.2) is 206 Å². The smallest absolute Gasteiger partial charge is 0.0464 e. The summed E-state index contributed by atoms with van der Waals surface area (Å²) < 4.78 is 0. The molecule has 2 N–H and O–H groups in total. The molecule has 0 aromatic heterocycles. The molecule has 0 heterocycles. The van der Waals surface area contributed by atoms with Gasteiger partial charge < -0.3 is 10.6 Å². The van der Waals surface area contributed by atoms with Gasteiger partial charge in [0.1, 0.15) is 0 Å². The van der Waals surface area contributed by atoms with Crippen LogP contribution in [0.1, 0.15) is 0 Å². The van der Waals surface area contributed by atoms with Crippen LogP contribution in [0.25, 0.3) is 55.6 Å². The van der Waals surface area contributed by atoms with Gasteiger partial charge >= 0.3 is 0 Å². The number of hydrogen-bond donors (Lipinski definition) is 2. The van der Waals surface area contributed by atoms with Crippen LogP contribution in [0.4, 0.5) is 22.7 Å². The summed E-state index contributed by atoms with van der Waals surface area (Å²) in [6, 6.07) is 72.9. The van der Waals surface area contributed by atoms with Gasteiger partial charge in [0.05, 0.1) is 0 Å². The van der Waals surface area contributed by atoms with Crippen molar-refractivity contribution >= 4 is 22.7 Å². The van der Waals surface area contributed by atoms with E-state index in [1.165, 1.54) is 27.8 Å². The summed E-state index contributed by atoms with van der Waals surface area (Å²) in [7, 11) is 0. The van der Waals surface area contributed by atoms with Crippen molar-refractivity contribution in [3.63, 3.8) is 0 Å². The lowest BCUT2D eigenvalue weighted by atomic mass is 9.94. The molecule has 238 valence electrons. The largest absolute Gasteiger partial charge is 0.355 e. The molecule has 0 aliphatic heterocycles. The highest BCUT2D eigenvalue weighted by molar-refractivity contribution is 5.88. The second-order valence-electron chi connectivity index (χ2n) is 12.4. The molecular weight excluding hydrogens is 605 g/mol. The summed E-state index contributed by atoms with van der Waals surface area (Å²) in [5.41, 5.74) is 16.0. The summed E-state index contributed by atoms with van der Waals surface area (Å²) in [5, 5.41) is 7.44. The Labute approximate surface area is 294 Å². The maximum absolute atomic E-state index is 3.73. The van der Waals surface area contributed by atoms with Crippen LogP contribution >= 0.6 is 0 Å². The Morgan fingerprint density at radius 2 is 0.640 bits per heavy atom. The van der Waals surface area contributed by atoms with E-state index in [1.54, 1.807) is 0 Å². The second-order valence-corrected chi connectivity index (χ2v) is 12.4. The molecule has 0 radical (unpaired) electrons. The Kier molecular flexibility index (Phi) is 8.73. The normalized spacial score (nSPS) is 10.8. The molecule has 8 aromatic carbocycles. The van der Waals surface area contributed by atoms with Crippen molar-refractivity contribution in [1.82, 2.24) is 0 Å². The first-order valence-electron chi connectivity index (χ1n) is 17.0.